The lowest BCUT2D eigenvalue weighted by atomic mass is 10.1. The summed E-state index contributed by atoms with van der Waals surface area (Å²) < 4.78 is 7.19. The number of carbonyl (C=O) groups is 1. The van der Waals surface area contributed by atoms with Gasteiger partial charge in [-0.3, -0.25) is 14.8 Å². The van der Waals surface area contributed by atoms with Crippen LogP contribution >= 0.6 is 23.4 Å². The number of amides is 1. The maximum atomic E-state index is 13.1. The minimum absolute atomic E-state index is 0.128. The number of thioether (sulfide) groups is 1. The van der Waals surface area contributed by atoms with Crippen LogP contribution in [-0.4, -0.2) is 31.4 Å². The number of furan rings is 1. The summed E-state index contributed by atoms with van der Waals surface area (Å²) in [5.74, 6) is 0.627. The fourth-order valence-corrected chi connectivity index (χ4v) is 4.39. The molecule has 154 valence electrons. The van der Waals surface area contributed by atoms with Crippen LogP contribution in [0.5, 0.6) is 0 Å². The molecule has 1 saturated carbocycles. The summed E-state index contributed by atoms with van der Waals surface area (Å²) in [6, 6.07) is 10.8. The van der Waals surface area contributed by atoms with E-state index >= 15 is 0 Å². The Balaban J connectivity index is 1.35. The van der Waals surface area contributed by atoms with Gasteiger partial charge >= 0.3 is 5.69 Å². The first-order chi connectivity index (χ1) is 14.6. The van der Waals surface area contributed by atoms with E-state index in [1.54, 1.807) is 34.0 Å². The maximum Gasteiger partial charge on any atom is 0.344 e. The number of aromatic amines is 1. The number of carbonyl (C=O) groups excluding carboxylic acids is 1. The van der Waals surface area contributed by atoms with Crippen molar-refractivity contribution in [1.82, 2.24) is 25.2 Å². The summed E-state index contributed by atoms with van der Waals surface area (Å²) in [6.45, 7) is 0. The van der Waals surface area contributed by atoms with Gasteiger partial charge in [0.05, 0.1) is 17.7 Å². The first-order valence-corrected chi connectivity index (χ1v) is 10.9. The summed E-state index contributed by atoms with van der Waals surface area (Å²) in [4.78, 5) is 25.0. The Morgan fingerprint density at radius 2 is 2.07 bits per heavy atom. The van der Waals surface area contributed by atoms with E-state index in [2.05, 4.69) is 15.6 Å². The fourth-order valence-electron chi connectivity index (χ4n) is 3.39. The summed E-state index contributed by atoms with van der Waals surface area (Å²) in [5.41, 5.74) is 4.66. The lowest BCUT2D eigenvalue weighted by Crippen LogP contribution is -2.40. The zero-order chi connectivity index (χ0) is 20.7. The van der Waals surface area contributed by atoms with E-state index in [9.17, 15) is 9.59 Å². The number of benzene rings is 1. The molecule has 1 aromatic carbocycles. The third-order valence-corrected chi connectivity index (χ3v) is 6.20. The van der Waals surface area contributed by atoms with Gasteiger partial charge < -0.3 is 4.42 Å². The van der Waals surface area contributed by atoms with Crippen molar-refractivity contribution >= 4 is 35.0 Å². The molecular formula is C20H18ClN5O3S. The Kier molecular flexibility index (Phi) is 4.92. The van der Waals surface area contributed by atoms with E-state index in [1.807, 2.05) is 24.3 Å². The number of hydrazine groups is 1. The highest BCUT2D eigenvalue weighted by Gasteiger charge is 2.33. The second-order valence-electron chi connectivity index (χ2n) is 7.12. The molecule has 1 amide bonds. The first kappa shape index (κ1) is 19.1. The normalized spacial score (nSPS) is 18.4. The molecule has 0 radical (unpaired) electrons. The zero-order valence-corrected chi connectivity index (χ0v) is 17.3. The van der Waals surface area contributed by atoms with Gasteiger partial charge in [0.2, 0.25) is 0 Å². The second-order valence-corrected chi connectivity index (χ2v) is 8.50. The van der Waals surface area contributed by atoms with Crippen LogP contribution in [0.15, 0.2) is 63.1 Å². The quantitative estimate of drug-likeness (QED) is 0.567. The minimum Gasteiger partial charge on any atom is -0.467 e. The lowest BCUT2D eigenvalue weighted by Gasteiger charge is -2.23. The molecule has 1 aliphatic heterocycles. The molecule has 10 heteroatoms. The number of aromatic nitrogens is 3. The van der Waals surface area contributed by atoms with Crippen molar-refractivity contribution in [2.24, 2.45) is 0 Å². The van der Waals surface area contributed by atoms with Crippen LogP contribution in [0, 0.1) is 0 Å². The number of halogens is 1. The summed E-state index contributed by atoms with van der Waals surface area (Å²) in [6.07, 6.45) is 5.45. The van der Waals surface area contributed by atoms with Crippen molar-refractivity contribution in [2.45, 2.75) is 30.1 Å². The SMILES string of the molecule is O=C(CSc1n[nH]c(=O)n1C1CC1)N1NC(c2ccc(Cl)cc2)=C[C@@H]1c1ccco1. The molecular weight excluding hydrogens is 426 g/mol. The third kappa shape index (κ3) is 3.66. The molecule has 0 saturated heterocycles. The molecule has 3 heterocycles. The number of nitrogens with one attached hydrogen (secondary N) is 2. The molecule has 30 heavy (non-hydrogen) atoms. The monoisotopic (exact) mass is 443 g/mol. The zero-order valence-electron chi connectivity index (χ0n) is 15.7. The van der Waals surface area contributed by atoms with Gasteiger partial charge in [-0.05, 0) is 48.7 Å². The van der Waals surface area contributed by atoms with Gasteiger partial charge in [-0.1, -0.05) is 35.5 Å². The average Bonchev–Trinajstić information content (AvgIpc) is 3.14. The van der Waals surface area contributed by atoms with Gasteiger partial charge in [-0.2, -0.15) is 0 Å². The Labute approximate surface area is 180 Å². The van der Waals surface area contributed by atoms with Crippen molar-refractivity contribution in [3.63, 3.8) is 0 Å². The van der Waals surface area contributed by atoms with Crippen molar-refractivity contribution < 1.29 is 9.21 Å². The van der Waals surface area contributed by atoms with Crippen LogP contribution in [0.4, 0.5) is 0 Å². The highest BCUT2D eigenvalue weighted by molar-refractivity contribution is 7.99. The second kappa shape index (κ2) is 7.73. The Hall–Kier alpha value is -2.91. The van der Waals surface area contributed by atoms with Crippen LogP contribution in [0.1, 0.15) is 36.2 Å². The van der Waals surface area contributed by atoms with Crippen molar-refractivity contribution in [3.8, 4) is 0 Å². The van der Waals surface area contributed by atoms with Crippen molar-refractivity contribution in [3.05, 3.63) is 75.6 Å². The van der Waals surface area contributed by atoms with Gasteiger partial charge in [0.25, 0.3) is 5.91 Å². The van der Waals surface area contributed by atoms with Gasteiger partial charge in [-0.15, -0.1) is 5.10 Å². The van der Waals surface area contributed by atoms with E-state index in [0.717, 1.165) is 24.1 Å². The van der Waals surface area contributed by atoms with Crippen molar-refractivity contribution in [2.75, 3.05) is 5.75 Å². The number of H-pyrrole nitrogens is 1. The molecule has 0 bridgehead atoms. The molecule has 3 aromatic rings. The Morgan fingerprint density at radius 3 is 2.77 bits per heavy atom. The molecule has 2 aromatic heterocycles. The molecule has 0 spiro atoms. The van der Waals surface area contributed by atoms with E-state index < -0.39 is 0 Å². The maximum absolute atomic E-state index is 13.1. The van der Waals surface area contributed by atoms with Crippen LogP contribution < -0.4 is 11.1 Å². The molecule has 1 atom stereocenters. The first-order valence-electron chi connectivity index (χ1n) is 9.50. The molecule has 1 fully saturated rings. The van der Waals surface area contributed by atoms with Gasteiger partial charge in [0.15, 0.2) is 5.16 Å². The highest BCUT2D eigenvalue weighted by Crippen LogP contribution is 2.36. The standard InChI is InChI=1S/C20H18ClN5O3S/c21-13-5-3-12(4-6-13)15-10-16(17-2-1-9-29-17)26(24-15)18(27)11-30-20-23-22-19(28)25(20)14-7-8-14/h1-6,9-10,14,16,24H,7-8,11H2,(H,22,28)/t16-/m1/s1. The van der Waals surface area contributed by atoms with E-state index in [4.69, 9.17) is 16.0 Å². The number of hydrogen-bond acceptors (Lipinski definition) is 6. The van der Waals surface area contributed by atoms with Crippen LogP contribution in [-0.2, 0) is 4.79 Å². The number of nitrogens with zero attached hydrogens (tertiary/aromatic N) is 3. The molecule has 8 nitrogen and oxygen atoms in total. The summed E-state index contributed by atoms with van der Waals surface area (Å²) in [7, 11) is 0. The summed E-state index contributed by atoms with van der Waals surface area (Å²) >= 11 is 7.24. The Morgan fingerprint density at radius 1 is 1.27 bits per heavy atom. The molecule has 1 aliphatic carbocycles. The van der Waals surface area contributed by atoms with Crippen LogP contribution in [0.3, 0.4) is 0 Å². The number of hydrogen-bond donors (Lipinski definition) is 2. The molecule has 0 unspecified atom stereocenters. The smallest absolute Gasteiger partial charge is 0.344 e. The van der Waals surface area contributed by atoms with Crippen molar-refractivity contribution in [1.29, 1.82) is 0 Å². The fraction of sp³-hybridized carbons (Fsp3) is 0.250. The van der Waals surface area contributed by atoms with E-state index in [0.29, 0.717) is 15.9 Å². The van der Waals surface area contributed by atoms with Crippen LogP contribution in [0.2, 0.25) is 5.02 Å². The topological polar surface area (TPSA) is 96.2 Å². The van der Waals surface area contributed by atoms with E-state index in [-0.39, 0.29) is 29.4 Å². The predicted octanol–water partition coefficient (Wildman–Crippen LogP) is 3.37. The lowest BCUT2D eigenvalue weighted by molar-refractivity contribution is -0.131. The van der Waals surface area contributed by atoms with E-state index in [1.165, 1.54) is 11.8 Å². The van der Waals surface area contributed by atoms with Gasteiger partial charge in [0.1, 0.15) is 11.8 Å². The van der Waals surface area contributed by atoms with Gasteiger partial charge in [0, 0.05) is 11.1 Å². The Bertz CT molecular complexity index is 1150. The molecule has 5 rings (SSSR count). The van der Waals surface area contributed by atoms with Crippen LogP contribution in [0.25, 0.3) is 5.70 Å². The molecule has 2 aliphatic rings. The number of rotatable bonds is 6. The summed E-state index contributed by atoms with van der Waals surface area (Å²) in [5, 5.41) is 9.27. The average molecular weight is 444 g/mol. The minimum atomic E-state index is -0.386. The predicted molar refractivity (Wildman–Crippen MR) is 113 cm³/mol. The molecule has 2 N–H and O–H groups in total. The highest BCUT2D eigenvalue weighted by atomic mass is 35.5. The largest absolute Gasteiger partial charge is 0.467 e. The van der Waals surface area contributed by atoms with Gasteiger partial charge in [-0.25, -0.2) is 14.9 Å². The third-order valence-electron chi connectivity index (χ3n) is 5.01.